The molecular weight excluding hydrogens is 399 g/mol. The lowest BCUT2D eigenvalue weighted by molar-refractivity contribution is -0.165. The number of hydrogen-bond donors (Lipinski definition) is 2. The highest BCUT2D eigenvalue weighted by atomic mass is 19.4. The number of nitrogens with two attached hydrogens (primary N) is 1. The molecule has 1 aromatic carbocycles. The molecule has 3 rings (SSSR count). The van der Waals surface area contributed by atoms with E-state index in [1.165, 1.54) is 0 Å². The van der Waals surface area contributed by atoms with Crippen molar-refractivity contribution in [3.05, 3.63) is 47.4 Å². The summed E-state index contributed by atoms with van der Waals surface area (Å²) in [6.45, 7) is 2.87. The van der Waals surface area contributed by atoms with E-state index in [1.807, 2.05) is 24.3 Å². The summed E-state index contributed by atoms with van der Waals surface area (Å²) in [5, 5.41) is 3.43. The zero-order valence-electron chi connectivity index (χ0n) is 16.9. The van der Waals surface area contributed by atoms with Gasteiger partial charge in [0, 0.05) is 31.1 Å². The summed E-state index contributed by atoms with van der Waals surface area (Å²) in [7, 11) is 0. The second kappa shape index (κ2) is 9.18. The third kappa shape index (κ3) is 6.06. The molecule has 2 heterocycles. The average molecular weight is 425 g/mol. The van der Waals surface area contributed by atoms with Crippen molar-refractivity contribution in [3.63, 3.8) is 0 Å². The van der Waals surface area contributed by atoms with Gasteiger partial charge < -0.3 is 20.5 Å². The van der Waals surface area contributed by atoms with Crippen LogP contribution >= 0.6 is 0 Å². The molecule has 30 heavy (non-hydrogen) atoms. The minimum absolute atomic E-state index is 0.0140. The number of fused-ring (bicyclic) bond motifs is 2. The Balaban J connectivity index is 1.65. The number of rotatable bonds is 8. The van der Waals surface area contributed by atoms with Gasteiger partial charge in [-0.15, -0.1) is 0 Å². The highest BCUT2D eigenvalue weighted by Crippen LogP contribution is 2.36. The summed E-state index contributed by atoms with van der Waals surface area (Å²) in [6, 6.07) is 7.65. The SMILES string of the molecule is CC(C)N=C(C=C(N)OCC(F)(F)F)C(=O)Cc1ccc([C@@H]2O[C@H]3CN[C@@H]2C3)cc1. The van der Waals surface area contributed by atoms with Gasteiger partial charge >= 0.3 is 6.18 Å². The number of halogens is 3. The molecule has 9 heteroatoms. The topological polar surface area (TPSA) is 85.9 Å². The Labute approximate surface area is 173 Å². The van der Waals surface area contributed by atoms with Crippen molar-refractivity contribution in [2.45, 2.75) is 57.2 Å². The highest BCUT2D eigenvalue weighted by Gasteiger charge is 2.41. The van der Waals surface area contributed by atoms with E-state index in [4.69, 9.17) is 10.5 Å². The quantitative estimate of drug-likeness (QED) is 0.494. The molecule has 0 aromatic heterocycles. The number of carbonyl (C=O) groups excluding carboxylic acids is 1. The lowest BCUT2D eigenvalue weighted by Gasteiger charge is -2.23. The molecule has 3 N–H and O–H groups in total. The lowest BCUT2D eigenvalue weighted by Crippen LogP contribution is -2.33. The van der Waals surface area contributed by atoms with Crippen molar-refractivity contribution in [1.29, 1.82) is 0 Å². The van der Waals surface area contributed by atoms with E-state index in [-0.39, 0.29) is 36.2 Å². The number of allylic oxidation sites excluding steroid dienone is 1. The summed E-state index contributed by atoms with van der Waals surface area (Å²) in [5.74, 6) is -0.857. The van der Waals surface area contributed by atoms with E-state index in [2.05, 4.69) is 15.0 Å². The number of ketones is 1. The van der Waals surface area contributed by atoms with E-state index in [9.17, 15) is 18.0 Å². The van der Waals surface area contributed by atoms with Crippen LogP contribution in [0.4, 0.5) is 13.2 Å². The molecule has 2 aliphatic rings. The smallest absolute Gasteiger partial charge is 0.422 e. The first-order chi connectivity index (χ1) is 14.1. The van der Waals surface area contributed by atoms with Crippen molar-refractivity contribution < 1.29 is 27.4 Å². The van der Waals surface area contributed by atoms with Crippen LogP contribution in [0.15, 0.2) is 41.2 Å². The molecule has 0 unspecified atom stereocenters. The van der Waals surface area contributed by atoms with Gasteiger partial charge in [0.05, 0.1) is 12.2 Å². The first-order valence-electron chi connectivity index (χ1n) is 9.86. The molecule has 3 atom stereocenters. The number of aliphatic imine (C=N–C) groups is 1. The van der Waals surface area contributed by atoms with Crippen LogP contribution in [0, 0.1) is 0 Å². The standard InChI is InChI=1S/C21H26F3N3O3/c1-12(2)27-16(9-19(25)29-11-21(22,23)24)18(28)7-13-3-5-14(6-4-13)20-17-8-15(30-20)10-26-17/h3-6,9,12,15,17,20,26H,7-8,10-11,25H2,1-2H3/t15-,17-,20+/m1/s1. The number of hydrogen-bond acceptors (Lipinski definition) is 6. The number of benzene rings is 1. The van der Waals surface area contributed by atoms with Crippen molar-refractivity contribution >= 4 is 11.5 Å². The molecule has 164 valence electrons. The molecule has 2 fully saturated rings. The van der Waals surface area contributed by atoms with E-state index < -0.39 is 18.7 Å². The maximum absolute atomic E-state index is 12.7. The number of Topliss-reactive ketones (excluding diaryl/α,β-unsaturated/α-hetero) is 1. The van der Waals surface area contributed by atoms with Gasteiger partial charge in [0.25, 0.3) is 0 Å². The first-order valence-corrected chi connectivity index (χ1v) is 9.86. The van der Waals surface area contributed by atoms with Gasteiger partial charge in [-0.05, 0) is 31.4 Å². The minimum atomic E-state index is -4.52. The normalized spacial score (nSPS) is 24.5. The van der Waals surface area contributed by atoms with Crippen molar-refractivity contribution in [2.75, 3.05) is 13.2 Å². The van der Waals surface area contributed by atoms with Crippen molar-refractivity contribution in [3.8, 4) is 0 Å². The Kier molecular flexibility index (Phi) is 6.82. The zero-order valence-corrected chi connectivity index (χ0v) is 16.9. The van der Waals surface area contributed by atoms with Gasteiger partial charge in [0.1, 0.15) is 5.71 Å². The summed E-state index contributed by atoms with van der Waals surface area (Å²) in [5.41, 5.74) is 7.29. The fourth-order valence-corrected chi connectivity index (χ4v) is 3.59. The van der Waals surface area contributed by atoms with Crippen LogP contribution in [-0.4, -0.2) is 49.0 Å². The number of carbonyl (C=O) groups is 1. The summed E-state index contributed by atoms with van der Waals surface area (Å²) in [6.07, 6.45) is -2.14. The van der Waals surface area contributed by atoms with E-state index in [0.29, 0.717) is 6.04 Å². The van der Waals surface area contributed by atoms with Crippen molar-refractivity contribution in [2.24, 2.45) is 10.7 Å². The van der Waals surface area contributed by atoms with E-state index >= 15 is 0 Å². The number of ether oxygens (including phenoxy) is 2. The predicted molar refractivity (Wildman–Crippen MR) is 106 cm³/mol. The van der Waals surface area contributed by atoms with Crippen molar-refractivity contribution in [1.82, 2.24) is 5.32 Å². The number of alkyl halides is 3. The minimum Gasteiger partial charge on any atom is -0.470 e. The fraction of sp³-hybridized carbons (Fsp3) is 0.524. The summed E-state index contributed by atoms with van der Waals surface area (Å²) >= 11 is 0. The molecule has 2 bridgehead atoms. The van der Waals surface area contributed by atoms with Gasteiger partial charge in [0.15, 0.2) is 18.3 Å². The van der Waals surface area contributed by atoms with Gasteiger partial charge in [-0.25, -0.2) is 0 Å². The van der Waals surface area contributed by atoms with Crippen LogP contribution in [0.1, 0.15) is 37.5 Å². The average Bonchev–Trinajstić information content (AvgIpc) is 3.29. The second-order valence-corrected chi connectivity index (χ2v) is 7.83. The monoisotopic (exact) mass is 425 g/mol. The second-order valence-electron chi connectivity index (χ2n) is 7.83. The fourth-order valence-electron chi connectivity index (χ4n) is 3.59. The molecular formula is C21H26F3N3O3. The molecule has 0 saturated carbocycles. The molecule has 0 aliphatic carbocycles. The van der Waals surface area contributed by atoms with Crippen LogP contribution < -0.4 is 11.1 Å². The third-order valence-electron chi connectivity index (χ3n) is 4.87. The Morgan fingerprint density at radius 3 is 2.60 bits per heavy atom. The number of nitrogens with one attached hydrogen (secondary N) is 1. The largest absolute Gasteiger partial charge is 0.470 e. The lowest BCUT2D eigenvalue weighted by atomic mass is 9.99. The molecule has 2 aliphatic heterocycles. The summed E-state index contributed by atoms with van der Waals surface area (Å²) in [4.78, 5) is 16.9. The first kappa shape index (κ1) is 22.3. The van der Waals surface area contributed by atoms with Gasteiger partial charge in [-0.1, -0.05) is 24.3 Å². The molecule has 0 amide bonds. The molecule has 0 spiro atoms. The Bertz CT molecular complexity index is 819. The van der Waals surface area contributed by atoms with E-state index in [0.717, 1.165) is 30.2 Å². The van der Waals surface area contributed by atoms with Crippen LogP contribution in [0.2, 0.25) is 0 Å². The van der Waals surface area contributed by atoms with Gasteiger partial charge in [-0.2, -0.15) is 13.2 Å². The predicted octanol–water partition coefficient (Wildman–Crippen LogP) is 2.83. The van der Waals surface area contributed by atoms with Crippen LogP contribution in [-0.2, 0) is 20.7 Å². The van der Waals surface area contributed by atoms with Crippen LogP contribution in [0.25, 0.3) is 0 Å². The zero-order chi connectivity index (χ0) is 21.9. The Morgan fingerprint density at radius 2 is 2.07 bits per heavy atom. The summed E-state index contributed by atoms with van der Waals surface area (Å²) < 4.78 is 47.3. The van der Waals surface area contributed by atoms with Crippen LogP contribution in [0.5, 0.6) is 0 Å². The molecule has 6 nitrogen and oxygen atoms in total. The molecule has 1 aromatic rings. The number of morpholine rings is 1. The Morgan fingerprint density at radius 1 is 1.37 bits per heavy atom. The maximum atomic E-state index is 12.7. The number of nitrogens with zero attached hydrogens (tertiary/aromatic N) is 1. The van der Waals surface area contributed by atoms with Crippen LogP contribution in [0.3, 0.4) is 0 Å². The molecule has 0 radical (unpaired) electrons. The third-order valence-corrected chi connectivity index (χ3v) is 4.87. The highest BCUT2D eigenvalue weighted by molar-refractivity contribution is 6.44. The molecule has 2 saturated heterocycles. The maximum Gasteiger partial charge on any atom is 0.422 e. The van der Waals surface area contributed by atoms with Gasteiger partial charge in [0.2, 0.25) is 0 Å². The Hall–Kier alpha value is -2.39. The van der Waals surface area contributed by atoms with Gasteiger partial charge in [-0.3, -0.25) is 9.79 Å². The van der Waals surface area contributed by atoms with E-state index in [1.54, 1.807) is 13.8 Å².